The highest BCUT2D eigenvalue weighted by Gasteiger charge is 2.36. The van der Waals surface area contributed by atoms with Crippen molar-refractivity contribution in [3.8, 4) is 11.4 Å². The van der Waals surface area contributed by atoms with E-state index in [0.29, 0.717) is 34.7 Å². The van der Waals surface area contributed by atoms with Gasteiger partial charge in [0.15, 0.2) is 11.6 Å². The van der Waals surface area contributed by atoms with Crippen LogP contribution in [-0.4, -0.2) is 53.8 Å². The van der Waals surface area contributed by atoms with E-state index in [1.807, 2.05) is 6.07 Å². The molecule has 2 aliphatic rings. The third kappa shape index (κ3) is 6.11. The smallest absolute Gasteiger partial charge is 0.164 e. The lowest BCUT2D eigenvalue weighted by molar-refractivity contribution is 0.191. The van der Waals surface area contributed by atoms with Crippen molar-refractivity contribution in [3.63, 3.8) is 0 Å². The molecule has 2 heterocycles. The molecule has 2 aromatic heterocycles. The van der Waals surface area contributed by atoms with Crippen molar-refractivity contribution in [2.24, 2.45) is 5.41 Å². The first-order chi connectivity index (χ1) is 15.0. The topological polar surface area (TPSA) is 84.0 Å². The Morgan fingerprint density at radius 3 is 2.65 bits per heavy atom. The van der Waals surface area contributed by atoms with Gasteiger partial charge >= 0.3 is 0 Å². The number of ether oxygens (including phenoxy) is 1. The van der Waals surface area contributed by atoms with Gasteiger partial charge in [-0.2, -0.15) is 0 Å². The van der Waals surface area contributed by atoms with Crippen LogP contribution < -0.4 is 16.0 Å². The fourth-order valence-corrected chi connectivity index (χ4v) is 3.99. The van der Waals surface area contributed by atoms with Crippen LogP contribution in [0.3, 0.4) is 0 Å². The van der Waals surface area contributed by atoms with Crippen LogP contribution in [0.4, 0.5) is 16.0 Å². The van der Waals surface area contributed by atoms with Crippen molar-refractivity contribution < 1.29 is 9.13 Å². The normalized spacial score (nSPS) is 22.2. The van der Waals surface area contributed by atoms with Crippen LogP contribution >= 0.6 is 0 Å². The second-order valence-corrected chi connectivity index (χ2v) is 9.12. The molecule has 168 valence electrons. The minimum absolute atomic E-state index is 0.333. The van der Waals surface area contributed by atoms with Gasteiger partial charge < -0.3 is 20.7 Å². The summed E-state index contributed by atoms with van der Waals surface area (Å²) in [5.74, 6) is 1.35. The molecular formula is C23H33FN6O. The molecule has 31 heavy (non-hydrogen) atoms. The predicted octanol–water partition coefficient (Wildman–Crippen LogP) is 3.85. The molecule has 0 aliphatic heterocycles. The average molecular weight is 429 g/mol. The van der Waals surface area contributed by atoms with Gasteiger partial charge in [-0.15, -0.1) is 0 Å². The Hall–Kier alpha value is -2.32. The van der Waals surface area contributed by atoms with E-state index in [0.717, 1.165) is 51.2 Å². The third-order valence-electron chi connectivity index (χ3n) is 6.37. The summed E-state index contributed by atoms with van der Waals surface area (Å²) in [6.07, 6.45) is 9.70. The number of nitrogens with zero attached hydrogens (tertiary/aromatic N) is 3. The van der Waals surface area contributed by atoms with Crippen molar-refractivity contribution >= 4 is 11.6 Å². The van der Waals surface area contributed by atoms with E-state index < -0.39 is 5.82 Å². The maximum absolute atomic E-state index is 14.5. The van der Waals surface area contributed by atoms with Crippen LogP contribution in [0.1, 0.15) is 45.4 Å². The standard InChI is InChI=1S/C23H33FN6O/c1-23(8-9-23)15-28-20-7-10-26-22(30-20)18-13-21(27-14-19(18)24)29-17-5-3-16(4-6-17)25-11-12-31-2/h7,10,13-14,16-17,25H,3-6,8-9,11-12,15H2,1-2H3,(H,27,29)(H,26,28,30). The Bertz CT molecular complexity index is 867. The van der Waals surface area contributed by atoms with Crippen LogP contribution in [0.15, 0.2) is 24.5 Å². The summed E-state index contributed by atoms with van der Waals surface area (Å²) >= 11 is 0. The van der Waals surface area contributed by atoms with Crippen LogP contribution in [0.5, 0.6) is 0 Å². The summed E-state index contributed by atoms with van der Waals surface area (Å²) in [5, 5.41) is 10.4. The highest BCUT2D eigenvalue weighted by molar-refractivity contribution is 5.61. The molecule has 7 nitrogen and oxygen atoms in total. The minimum atomic E-state index is -0.414. The predicted molar refractivity (Wildman–Crippen MR) is 121 cm³/mol. The number of rotatable bonds is 10. The molecule has 0 bridgehead atoms. The zero-order chi connectivity index (χ0) is 21.7. The summed E-state index contributed by atoms with van der Waals surface area (Å²) in [4.78, 5) is 13.1. The summed E-state index contributed by atoms with van der Waals surface area (Å²) in [6.45, 7) is 4.75. The van der Waals surface area contributed by atoms with Crippen LogP contribution in [-0.2, 0) is 4.74 Å². The Balaban J connectivity index is 1.36. The van der Waals surface area contributed by atoms with Crippen molar-refractivity contribution in [1.82, 2.24) is 20.3 Å². The second kappa shape index (κ2) is 9.87. The van der Waals surface area contributed by atoms with Gasteiger partial charge in [0, 0.05) is 38.5 Å². The third-order valence-corrected chi connectivity index (χ3v) is 6.37. The number of halogens is 1. The molecule has 0 aromatic carbocycles. The molecule has 3 N–H and O–H groups in total. The molecule has 2 fully saturated rings. The number of methoxy groups -OCH3 is 1. The maximum atomic E-state index is 14.5. The van der Waals surface area contributed by atoms with E-state index in [-0.39, 0.29) is 0 Å². The Morgan fingerprint density at radius 2 is 1.90 bits per heavy atom. The molecule has 0 radical (unpaired) electrons. The van der Waals surface area contributed by atoms with Gasteiger partial charge in [-0.3, -0.25) is 0 Å². The molecule has 4 rings (SSSR count). The summed E-state index contributed by atoms with van der Waals surface area (Å²) in [6, 6.07) is 4.41. The molecule has 0 atom stereocenters. The van der Waals surface area contributed by atoms with Gasteiger partial charge in [0.2, 0.25) is 0 Å². The minimum Gasteiger partial charge on any atom is -0.383 e. The molecule has 2 aliphatic carbocycles. The molecular weight excluding hydrogens is 395 g/mol. The van der Waals surface area contributed by atoms with Gasteiger partial charge in [-0.25, -0.2) is 19.3 Å². The van der Waals surface area contributed by atoms with Crippen LogP contribution in [0.25, 0.3) is 11.4 Å². The molecule has 8 heteroatoms. The summed E-state index contributed by atoms with van der Waals surface area (Å²) in [7, 11) is 1.72. The van der Waals surface area contributed by atoms with Crippen molar-refractivity contribution in [3.05, 3.63) is 30.3 Å². The monoisotopic (exact) mass is 428 g/mol. The van der Waals surface area contributed by atoms with Crippen molar-refractivity contribution in [1.29, 1.82) is 0 Å². The summed E-state index contributed by atoms with van der Waals surface area (Å²) < 4.78 is 19.6. The highest BCUT2D eigenvalue weighted by atomic mass is 19.1. The first-order valence-electron chi connectivity index (χ1n) is 11.3. The molecule has 2 aromatic rings. The van der Waals surface area contributed by atoms with E-state index in [4.69, 9.17) is 4.74 Å². The number of hydrogen-bond acceptors (Lipinski definition) is 7. The number of hydrogen-bond donors (Lipinski definition) is 3. The largest absolute Gasteiger partial charge is 0.383 e. The molecule has 0 saturated heterocycles. The number of nitrogens with one attached hydrogen (secondary N) is 3. The Labute approximate surface area is 183 Å². The van der Waals surface area contributed by atoms with Crippen molar-refractivity contribution in [2.45, 2.75) is 57.5 Å². The van der Waals surface area contributed by atoms with Gasteiger partial charge in [0.25, 0.3) is 0 Å². The fourth-order valence-electron chi connectivity index (χ4n) is 3.99. The lowest BCUT2D eigenvalue weighted by Gasteiger charge is -2.30. The van der Waals surface area contributed by atoms with Crippen molar-refractivity contribution in [2.75, 3.05) is 37.4 Å². The van der Waals surface area contributed by atoms with Gasteiger partial charge in [-0.1, -0.05) is 6.92 Å². The number of pyridine rings is 1. The lowest BCUT2D eigenvalue weighted by atomic mass is 9.91. The van der Waals surface area contributed by atoms with E-state index in [9.17, 15) is 4.39 Å². The zero-order valence-corrected chi connectivity index (χ0v) is 18.5. The van der Waals surface area contributed by atoms with E-state index in [1.165, 1.54) is 19.0 Å². The van der Waals surface area contributed by atoms with Gasteiger partial charge in [0.1, 0.15) is 11.6 Å². The van der Waals surface area contributed by atoms with Crippen LogP contribution in [0, 0.1) is 11.2 Å². The van der Waals surface area contributed by atoms with Gasteiger partial charge in [0.05, 0.1) is 18.4 Å². The second-order valence-electron chi connectivity index (χ2n) is 9.12. The highest BCUT2D eigenvalue weighted by Crippen LogP contribution is 2.44. The van der Waals surface area contributed by atoms with Crippen LogP contribution in [0.2, 0.25) is 0 Å². The molecule has 0 spiro atoms. The first-order valence-corrected chi connectivity index (χ1v) is 11.3. The molecule has 0 amide bonds. The quantitative estimate of drug-likeness (QED) is 0.496. The molecule has 2 saturated carbocycles. The number of anilines is 2. The van der Waals surface area contributed by atoms with E-state index in [1.54, 1.807) is 19.4 Å². The number of aromatic nitrogens is 3. The average Bonchev–Trinajstić information content (AvgIpc) is 3.53. The zero-order valence-electron chi connectivity index (χ0n) is 18.5. The first kappa shape index (κ1) is 21.9. The van der Waals surface area contributed by atoms with E-state index >= 15 is 0 Å². The van der Waals surface area contributed by atoms with Gasteiger partial charge in [-0.05, 0) is 56.1 Å². The lowest BCUT2D eigenvalue weighted by Crippen LogP contribution is -2.38. The Kier molecular flexibility index (Phi) is 6.97. The van der Waals surface area contributed by atoms with E-state index in [2.05, 4.69) is 37.8 Å². The SMILES string of the molecule is COCCNC1CCC(Nc2cc(-c3nccc(NCC4(C)CC4)n3)c(F)cn2)CC1. The molecule has 0 unspecified atom stereocenters. The fraction of sp³-hybridized carbons (Fsp3) is 0.609. The summed E-state index contributed by atoms with van der Waals surface area (Å²) in [5.41, 5.74) is 0.733. The maximum Gasteiger partial charge on any atom is 0.164 e. The Morgan fingerprint density at radius 1 is 1.13 bits per heavy atom.